The second-order valence-electron chi connectivity index (χ2n) is 3.11. The van der Waals surface area contributed by atoms with E-state index in [1.807, 2.05) is 0 Å². The van der Waals surface area contributed by atoms with Crippen molar-refractivity contribution in [3.05, 3.63) is 24.3 Å². The molecule has 0 aliphatic carbocycles. The van der Waals surface area contributed by atoms with Gasteiger partial charge in [-0.1, -0.05) is 0 Å². The summed E-state index contributed by atoms with van der Waals surface area (Å²) < 4.78 is 35.9. The molecular weight excluding hydrogens is 221 g/mol. The van der Waals surface area contributed by atoms with Crippen molar-refractivity contribution in [2.45, 2.75) is 11.1 Å². The second-order valence-corrected chi connectivity index (χ2v) is 5.14. The number of halogens is 1. The van der Waals surface area contributed by atoms with E-state index in [0.29, 0.717) is 0 Å². The summed E-state index contributed by atoms with van der Waals surface area (Å²) in [5, 5.41) is 8.96. The number of benzene rings is 1. The molecule has 1 unspecified atom stereocenters. The summed E-state index contributed by atoms with van der Waals surface area (Å²) in [7, 11) is -3.65. The highest BCUT2D eigenvalue weighted by atomic mass is 32.2. The molecule has 0 heterocycles. The lowest BCUT2D eigenvalue weighted by atomic mass is 10.3. The molecule has 0 saturated heterocycles. The molecule has 6 heteroatoms. The van der Waals surface area contributed by atoms with E-state index in [1.54, 1.807) is 0 Å². The van der Waals surface area contributed by atoms with Crippen LogP contribution in [0.2, 0.25) is 0 Å². The largest absolute Gasteiger partial charge is 0.508 e. The fraction of sp³-hybridized carbons (Fsp3) is 0.333. The highest BCUT2D eigenvalue weighted by molar-refractivity contribution is 7.91. The number of phenols is 1. The molecule has 15 heavy (non-hydrogen) atoms. The molecule has 3 N–H and O–H groups in total. The quantitative estimate of drug-likeness (QED) is 0.791. The van der Waals surface area contributed by atoms with Crippen molar-refractivity contribution in [2.75, 3.05) is 12.3 Å². The van der Waals surface area contributed by atoms with Crippen molar-refractivity contribution in [3.8, 4) is 5.75 Å². The molecule has 0 radical (unpaired) electrons. The Balaban J connectivity index is 2.91. The van der Waals surface area contributed by atoms with Crippen LogP contribution < -0.4 is 5.73 Å². The number of alkyl halides is 1. The van der Waals surface area contributed by atoms with Crippen molar-refractivity contribution in [3.63, 3.8) is 0 Å². The zero-order valence-corrected chi connectivity index (χ0v) is 8.74. The summed E-state index contributed by atoms with van der Waals surface area (Å²) in [6.07, 6.45) is -1.57. The summed E-state index contributed by atoms with van der Waals surface area (Å²) in [6, 6.07) is 4.94. The first-order valence-electron chi connectivity index (χ1n) is 4.31. The number of aromatic hydroxyl groups is 1. The predicted molar refractivity (Wildman–Crippen MR) is 54.1 cm³/mol. The molecule has 0 fully saturated rings. The van der Waals surface area contributed by atoms with E-state index in [0.717, 1.165) is 0 Å². The summed E-state index contributed by atoms with van der Waals surface area (Å²) >= 11 is 0. The molecule has 0 spiro atoms. The number of hydrogen-bond donors (Lipinski definition) is 2. The maximum Gasteiger partial charge on any atom is 0.181 e. The third kappa shape index (κ3) is 3.17. The van der Waals surface area contributed by atoms with Crippen LogP contribution in [0, 0.1) is 0 Å². The number of phenolic OH excluding ortho intramolecular Hbond substituents is 1. The molecule has 1 atom stereocenters. The van der Waals surface area contributed by atoms with Gasteiger partial charge < -0.3 is 10.8 Å². The van der Waals surface area contributed by atoms with Crippen molar-refractivity contribution in [1.82, 2.24) is 0 Å². The molecule has 0 bridgehead atoms. The van der Waals surface area contributed by atoms with Crippen LogP contribution in [0.3, 0.4) is 0 Å². The van der Waals surface area contributed by atoms with Crippen LogP contribution in [0.4, 0.5) is 4.39 Å². The maximum absolute atomic E-state index is 12.8. The van der Waals surface area contributed by atoms with Gasteiger partial charge in [0.1, 0.15) is 11.9 Å². The fourth-order valence-electron chi connectivity index (χ4n) is 1.06. The molecule has 0 aliphatic rings. The lowest BCUT2D eigenvalue weighted by Crippen LogP contribution is -2.24. The summed E-state index contributed by atoms with van der Waals surface area (Å²) in [4.78, 5) is -0.0172. The smallest absolute Gasteiger partial charge is 0.181 e. The van der Waals surface area contributed by atoms with Crippen LogP contribution >= 0.6 is 0 Å². The first kappa shape index (κ1) is 11.9. The number of nitrogens with two attached hydrogens (primary N) is 1. The fourth-order valence-corrected chi connectivity index (χ4v) is 2.41. The topological polar surface area (TPSA) is 80.4 Å². The zero-order valence-electron chi connectivity index (χ0n) is 7.93. The minimum absolute atomic E-state index is 0.0172. The van der Waals surface area contributed by atoms with Gasteiger partial charge in [0.2, 0.25) is 0 Å². The van der Waals surface area contributed by atoms with Gasteiger partial charge in [-0.05, 0) is 24.3 Å². The Morgan fingerprint density at radius 1 is 1.33 bits per heavy atom. The van der Waals surface area contributed by atoms with Crippen molar-refractivity contribution < 1.29 is 17.9 Å². The van der Waals surface area contributed by atoms with E-state index in [9.17, 15) is 12.8 Å². The van der Waals surface area contributed by atoms with Crippen LogP contribution in [0.15, 0.2) is 29.2 Å². The molecule has 0 aliphatic heterocycles. The van der Waals surface area contributed by atoms with Gasteiger partial charge in [-0.15, -0.1) is 0 Å². The second kappa shape index (κ2) is 4.59. The van der Waals surface area contributed by atoms with E-state index in [2.05, 4.69) is 0 Å². The zero-order chi connectivity index (χ0) is 11.5. The van der Waals surface area contributed by atoms with Crippen LogP contribution in [0.25, 0.3) is 0 Å². The molecule has 1 aromatic rings. The van der Waals surface area contributed by atoms with E-state index >= 15 is 0 Å². The first-order valence-corrected chi connectivity index (χ1v) is 5.97. The van der Waals surface area contributed by atoms with Gasteiger partial charge in [0.15, 0.2) is 9.84 Å². The van der Waals surface area contributed by atoms with Crippen LogP contribution in [-0.2, 0) is 9.84 Å². The summed E-state index contributed by atoms with van der Waals surface area (Å²) in [5.74, 6) is -0.668. The molecule has 1 aromatic carbocycles. The molecule has 0 saturated carbocycles. The van der Waals surface area contributed by atoms with Crippen molar-refractivity contribution in [1.29, 1.82) is 0 Å². The van der Waals surface area contributed by atoms with Gasteiger partial charge in [-0.3, -0.25) is 0 Å². The standard InChI is InChI=1S/C9H12FNO3S/c10-7(5-11)6-15(13,14)9-3-1-8(12)2-4-9/h1-4,7,12H,5-6,11H2. The van der Waals surface area contributed by atoms with Gasteiger partial charge in [-0.25, -0.2) is 12.8 Å². The number of hydrogen-bond acceptors (Lipinski definition) is 4. The SMILES string of the molecule is NCC(F)CS(=O)(=O)c1ccc(O)cc1. The van der Waals surface area contributed by atoms with E-state index in [-0.39, 0.29) is 17.2 Å². The average Bonchev–Trinajstić information content (AvgIpc) is 2.17. The van der Waals surface area contributed by atoms with E-state index in [4.69, 9.17) is 10.8 Å². The van der Waals surface area contributed by atoms with Gasteiger partial charge >= 0.3 is 0 Å². The van der Waals surface area contributed by atoms with Crippen LogP contribution in [0.1, 0.15) is 0 Å². The summed E-state index contributed by atoms with van der Waals surface area (Å²) in [6.45, 7) is -0.322. The molecule has 0 aromatic heterocycles. The Morgan fingerprint density at radius 2 is 1.87 bits per heavy atom. The van der Waals surface area contributed by atoms with Crippen LogP contribution in [-0.4, -0.2) is 32.0 Å². The van der Waals surface area contributed by atoms with Crippen LogP contribution in [0.5, 0.6) is 5.75 Å². The third-order valence-corrected chi connectivity index (χ3v) is 3.64. The van der Waals surface area contributed by atoms with Gasteiger partial charge in [-0.2, -0.15) is 0 Å². The Bertz CT molecular complexity index is 415. The predicted octanol–water partition coefficient (Wildman–Crippen LogP) is 0.463. The molecule has 0 amide bonds. The molecule has 4 nitrogen and oxygen atoms in total. The van der Waals surface area contributed by atoms with Gasteiger partial charge in [0.05, 0.1) is 10.6 Å². The Kier molecular flexibility index (Phi) is 3.65. The number of rotatable bonds is 4. The maximum atomic E-state index is 12.8. The summed E-state index contributed by atoms with van der Waals surface area (Å²) in [5.41, 5.74) is 5.00. The first-order chi connectivity index (χ1) is 6.95. The minimum atomic E-state index is -3.65. The van der Waals surface area contributed by atoms with Gasteiger partial charge in [0.25, 0.3) is 0 Å². The Labute approximate surface area is 87.5 Å². The monoisotopic (exact) mass is 233 g/mol. The Hall–Kier alpha value is -1.14. The third-order valence-electron chi connectivity index (χ3n) is 1.85. The lowest BCUT2D eigenvalue weighted by molar-refractivity contribution is 0.370. The Morgan fingerprint density at radius 3 is 2.33 bits per heavy atom. The minimum Gasteiger partial charge on any atom is -0.508 e. The molecule has 84 valence electrons. The van der Waals surface area contributed by atoms with Crippen molar-refractivity contribution >= 4 is 9.84 Å². The van der Waals surface area contributed by atoms with E-state index < -0.39 is 21.8 Å². The van der Waals surface area contributed by atoms with Gasteiger partial charge in [0, 0.05) is 6.54 Å². The van der Waals surface area contributed by atoms with E-state index in [1.165, 1.54) is 24.3 Å². The normalized spacial score (nSPS) is 13.7. The molecule has 1 rings (SSSR count). The number of sulfone groups is 1. The molecular formula is C9H12FNO3S. The lowest BCUT2D eigenvalue weighted by Gasteiger charge is -2.06. The van der Waals surface area contributed by atoms with Crippen molar-refractivity contribution in [2.24, 2.45) is 5.73 Å². The highest BCUT2D eigenvalue weighted by Gasteiger charge is 2.19. The highest BCUT2D eigenvalue weighted by Crippen LogP contribution is 2.16. The average molecular weight is 233 g/mol.